The van der Waals surface area contributed by atoms with E-state index in [0.717, 1.165) is 38.2 Å². The van der Waals surface area contributed by atoms with Crippen molar-refractivity contribution in [3.05, 3.63) is 34.9 Å². The van der Waals surface area contributed by atoms with Gasteiger partial charge in [0.2, 0.25) is 11.8 Å². The lowest BCUT2D eigenvalue weighted by molar-refractivity contribution is -0.122. The first kappa shape index (κ1) is 20.7. The van der Waals surface area contributed by atoms with Crippen molar-refractivity contribution in [2.75, 3.05) is 39.9 Å². The summed E-state index contributed by atoms with van der Waals surface area (Å²) in [6.45, 7) is 5.81. The molecule has 1 aromatic carbocycles. The average molecular weight is 382 g/mol. The van der Waals surface area contributed by atoms with E-state index in [1.54, 1.807) is 19.2 Å². The molecule has 2 N–H and O–H groups in total. The van der Waals surface area contributed by atoms with E-state index in [1.165, 1.54) is 6.92 Å². The first-order valence-electron chi connectivity index (χ1n) is 8.98. The molecule has 0 aromatic heterocycles. The van der Waals surface area contributed by atoms with E-state index in [9.17, 15) is 9.59 Å². The molecule has 1 aliphatic rings. The standard InChI is InChI=1S/C19H28ClN3O3/c1-14(24)22-18(16-3-5-17(20)6-4-16)11-19(25)21-12-15-7-8-23(13-15)9-10-26-2/h3-6,15,18H,7-13H2,1-2H3,(H,21,25)(H,22,24)/t15-,18-/m1/s1. The summed E-state index contributed by atoms with van der Waals surface area (Å²) in [5.74, 6) is 0.238. The van der Waals surface area contributed by atoms with Gasteiger partial charge < -0.3 is 20.3 Å². The first-order valence-corrected chi connectivity index (χ1v) is 9.36. The number of hydrogen-bond donors (Lipinski definition) is 2. The molecular formula is C19H28ClN3O3. The molecule has 0 spiro atoms. The molecule has 7 heteroatoms. The van der Waals surface area contributed by atoms with Gasteiger partial charge in [0.05, 0.1) is 19.1 Å². The van der Waals surface area contributed by atoms with Crippen molar-refractivity contribution < 1.29 is 14.3 Å². The van der Waals surface area contributed by atoms with Gasteiger partial charge in [0.25, 0.3) is 0 Å². The van der Waals surface area contributed by atoms with Gasteiger partial charge in [-0.3, -0.25) is 9.59 Å². The molecule has 144 valence electrons. The van der Waals surface area contributed by atoms with Crippen molar-refractivity contribution in [3.63, 3.8) is 0 Å². The zero-order chi connectivity index (χ0) is 18.9. The number of halogens is 1. The van der Waals surface area contributed by atoms with Gasteiger partial charge >= 0.3 is 0 Å². The van der Waals surface area contributed by atoms with Crippen LogP contribution in [0.25, 0.3) is 0 Å². The van der Waals surface area contributed by atoms with Crippen molar-refractivity contribution in [2.45, 2.75) is 25.8 Å². The molecule has 1 aromatic rings. The number of methoxy groups -OCH3 is 1. The molecule has 0 unspecified atom stereocenters. The Labute approximate surface area is 160 Å². The number of benzene rings is 1. The monoisotopic (exact) mass is 381 g/mol. The minimum Gasteiger partial charge on any atom is -0.383 e. The van der Waals surface area contributed by atoms with Gasteiger partial charge in [-0.05, 0) is 36.6 Å². The summed E-state index contributed by atoms with van der Waals surface area (Å²) in [5, 5.41) is 6.48. The molecule has 26 heavy (non-hydrogen) atoms. The maximum absolute atomic E-state index is 12.4. The number of carbonyl (C=O) groups is 2. The third-order valence-corrected chi connectivity index (χ3v) is 4.86. The third-order valence-electron chi connectivity index (χ3n) is 4.61. The molecule has 1 heterocycles. The molecule has 0 aliphatic carbocycles. The summed E-state index contributed by atoms with van der Waals surface area (Å²) in [7, 11) is 1.71. The van der Waals surface area contributed by atoms with Crippen LogP contribution in [-0.4, -0.2) is 56.6 Å². The Balaban J connectivity index is 1.81. The second-order valence-electron chi connectivity index (χ2n) is 6.76. The van der Waals surface area contributed by atoms with Gasteiger partial charge in [0.15, 0.2) is 0 Å². The van der Waals surface area contributed by atoms with Crippen LogP contribution in [-0.2, 0) is 14.3 Å². The van der Waals surface area contributed by atoms with E-state index < -0.39 is 0 Å². The predicted octanol–water partition coefficient (Wildman–Crippen LogP) is 1.99. The zero-order valence-electron chi connectivity index (χ0n) is 15.5. The number of nitrogens with one attached hydrogen (secondary N) is 2. The molecule has 1 aliphatic heterocycles. The van der Waals surface area contributed by atoms with Crippen LogP contribution in [0.2, 0.25) is 5.02 Å². The van der Waals surface area contributed by atoms with Gasteiger partial charge in [0.1, 0.15) is 0 Å². The summed E-state index contributed by atoms with van der Waals surface area (Å²) in [5.41, 5.74) is 0.867. The maximum atomic E-state index is 12.4. The number of nitrogens with zero attached hydrogens (tertiary/aromatic N) is 1. The molecule has 2 rings (SSSR count). The fourth-order valence-corrected chi connectivity index (χ4v) is 3.34. The van der Waals surface area contributed by atoms with Crippen LogP contribution in [0.1, 0.15) is 31.4 Å². The van der Waals surface area contributed by atoms with Crippen LogP contribution in [0.5, 0.6) is 0 Å². The summed E-state index contributed by atoms with van der Waals surface area (Å²) in [6.07, 6.45) is 1.29. The smallest absolute Gasteiger partial charge is 0.222 e. The number of amides is 2. The third kappa shape index (κ3) is 6.94. The van der Waals surface area contributed by atoms with E-state index >= 15 is 0 Å². The summed E-state index contributed by atoms with van der Waals surface area (Å²) < 4.78 is 5.11. The highest BCUT2D eigenvalue weighted by atomic mass is 35.5. The van der Waals surface area contributed by atoms with Gasteiger partial charge in [0, 0.05) is 38.7 Å². The summed E-state index contributed by atoms with van der Waals surface area (Å²) in [6, 6.07) is 6.83. The van der Waals surface area contributed by atoms with E-state index in [-0.39, 0.29) is 24.3 Å². The minimum atomic E-state index is -0.355. The molecule has 1 fully saturated rings. The predicted molar refractivity (Wildman–Crippen MR) is 102 cm³/mol. The van der Waals surface area contributed by atoms with E-state index in [4.69, 9.17) is 16.3 Å². The second-order valence-corrected chi connectivity index (χ2v) is 7.20. The van der Waals surface area contributed by atoms with Crippen LogP contribution in [0.4, 0.5) is 0 Å². The highest BCUT2D eigenvalue weighted by Crippen LogP contribution is 2.20. The largest absolute Gasteiger partial charge is 0.383 e. The van der Waals surface area contributed by atoms with Gasteiger partial charge in [-0.2, -0.15) is 0 Å². The quantitative estimate of drug-likeness (QED) is 0.686. The molecular weight excluding hydrogens is 354 g/mol. The lowest BCUT2D eigenvalue weighted by Crippen LogP contribution is -2.35. The summed E-state index contributed by atoms with van der Waals surface area (Å²) in [4.78, 5) is 26.2. The van der Waals surface area contributed by atoms with Crippen molar-refractivity contribution in [1.29, 1.82) is 0 Å². The van der Waals surface area contributed by atoms with E-state index in [0.29, 0.717) is 17.5 Å². The Hall–Kier alpha value is -1.63. The van der Waals surface area contributed by atoms with Crippen LogP contribution >= 0.6 is 11.6 Å². The Morgan fingerprint density at radius 1 is 1.35 bits per heavy atom. The zero-order valence-corrected chi connectivity index (χ0v) is 16.2. The summed E-state index contributed by atoms with van der Waals surface area (Å²) >= 11 is 5.92. The number of likely N-dealkylation sites (tertiary alicyclic amines) is 1. The fraction of sp³-hybridized carbons (Fsp3) is 0.579. The topological polar surface area (TPSA) is 70.7 Å². The number of ether oxygens (including phenoxy) is 1. The SMILES string of the molecule is COCCN1CC[C@H](CNC(=O)C[C@@H](NC(C)=O)c2ccc(Cl)cc2)C1. The van der Waals surface area contributed by atoms with Crippen molar-refractivity contribution in [1.82, 2.24) is 15.5 Å². The number of rotatable bonds is 9. The van der Waals surface area contributed by atoms with Gasteiger partial charge in [-0.15, -0.1) is 0 Å². The van der Waals surface area contributed by atoms with Crippen LogP contribution in [0, 0.1) is 5.92 Å². The van der Waals surface area contributed by atoms with Gasteiger partial charge in [-0.1, -0.05) is 23.7 Å². The molecule has 2 atom stereocenters. The average Bonchev–Trinajstić information content (AvgIpc) is 3.06. The van der Waals surface area contributed by atoms with Crippen molar-refractivity contribution in [3.8, 4) is 0 Å². The molecule has 0 saturated carbocycles. The van der Waals surface area contributed by atoms with E-state index in [2.05, 4.69) is 15.5 Å². The number of carbonyl (C=O) groups excluding carboxylic acids is 2. The maximum Gasteiger partial charge on any atom is 0.222 e. The highest BCUT2D eigenvalue weighted by Gasteiger charge is 2.23. The first-order chi connectivity index (χ1) is 12.5. The molecule has 1 saturated heterocycles. The lowest BCUT2D eigenvalue weighted by Gasteiger charge is -2.19. The second kappa shape index (κ2) is 10.5. The van der Waals surface area contributed by atoms with Crippen molar-refractivity contribution >= 4 is 23.4 Å². The fourth-order valence-electron chi connectivity index (χ4n) is 3.21. The van der Waals surface area contributed by atoms with Gasteiger partial charge in [-0.25, -0.2) is 0 Å². The Morgan fingerprint density at radius 2 is 2.08 bits per heavy atom. The molecule has 0 radical (unpaired) electrons. The Morgan fingerprint density at radius 3 is 2.73 bits per heavy atom. The lowest BCUT2D eigenvalue weighted by atomic mass is 10.0. The molecule has 6 nitrogen and oxygen atoms in total. The molecule has 0 bridgehead atoms. The van der Waals surface area contributed by atoms with Crippen LogP contribution < -0.4 is 10.6 Å². The van der Waals surface area contributed by atoms with Crippen molar-refractivity contribution in [2.24, 2.45) is 5.92 Å². The minimum absolute atomic E-state index is 0.0611. The molecule has 2 amide bonds. The van der Waals surface area contributed by atoms with E-state index in [1.807, 2.05) is 12.1 Å². The van der Waals surface area contributed by atoms with Crippen LogP contribution in [0.3, 0.4) is 0 Å². The Bertz CT molecular complexity index is 594. The Kier molecular flexibility index (Phi) is 8.35. The number of hydrogen-bond acceptors (Lipinski definition) is 4. The highest BCUT2D eigenvalue weighted by molar-refractivity contribution is 6.30. The van der Waals surface area contributed by atoms with Crippen LogP contribution in [0.15, 0.2) is 24.3 Å². The normalized spacial score (nSPS) is 18.5.